The highest BCUT2D eigenvalue weighted by Crippen LogP contribution is 2.09. The largest absolute Gasteiger partial charge is 0.465 e. The number of hydrogen-bond acceptors (Lipinski definition) is 2. The normalized spacial score (nSPS) is 9.00. The number of carbonyl (C=O) groups is 1. The van der Waals surface area contributed by atoms with Crippen LogP contribution in [0.15, 0.2) is 18.2 Å². The number of benzene rings is 1. The van der Waals surface area contributed by atoms with Gasteiger partial charge >= 0.3 is 5.97 Å². The molecule has 0 spiro atoms. The first-order chi connectivity index (χ1) is 7.17. The van der Waals surface area contributed by atoms with E-state index in [9.17, 15) is 9.18 Å². The lowest BCUT2D eigenvalue weighted by molar-refractivity contribution is 0.0600. The molecule has 1 aromatic carbocycles. The van der Waals surface area contributed by atoms with Gasteiger partial charge in [0.25, 0.3) is 0 Å². The van der Waals surface area contributed by atoms with E-state index in [-0.39, 0.29) is 5.56 Å². The molecule has 0 atom stereocenters. The number of hydrogen-bond donors (Lipinski definition) is 0. The third-order valence-corrected chi connectivity index (χ3v) is 1.73. The van der Waals surface area contributed by atoms with E-state index in [4.69, 9.17) is 0 Å². The minimum atomic E-state index is -0.561. The Morgan fingerprint density at radius 3 is 2.80 bits per heavy atom. The molecular weight excluding hydrogens is 195 g/mol. The Labute approximate surface area is 88.1 Å². The lowest BCUT2D eigenvalue weighted by Crippen LogP contribution is -2.02. The van der Waals surface area contributed by atoms with Crippen LogP contribution in [0.5, 0.6) is 0 Å². The summed E-state index contributed by atoms with van der Waals surface area (Å²) in [6, 6.07) is 3.93. The first-order valence-corrected chi connectivity index (χ1v) is 4.55. The van der Waals surface area contributed by atoms with Gasteiger partial charge in [-0.05, 0) is 18.2 Å². The Morgan fingerprint density at radius 2 is 2.20 bits per heavy atom. The molecule has 2 nitrogen and oxygen atoms in total. The highest BCUT2D eigenvalue weighted by atomic mass is 19.1. The lowest BCUT2D eigenvalue weighted by Gasteiger charge is -2.00. The highest BCUT2D eigenvalue weighted by molar-refractivity contribution is 5.89. The van der Waals surface area contributed by atoms with Crippen LogP contribution in [-0.2, 0) is 4.74 Å². The molecule has 0 heterocycles. The van der Waals surface area contributed by atoms with Gasteiger partial charge in [0.05, 0.1) is 12.7 Å². The van der Waals surface area contributed by atoms with Gasteiger partial charge in [0.1, 0.15) is 5.82 Å². The Bertz CT molecular complexity index is 427. The van der Waals surface area contributed by atoms with E-state index >= 15 is 0 Å². The van der Waals surface area contributed by atoms with Crippen LogP contribution in [0.3, 0.4) is 0 Å². The summed E-state index contributed by atoms with van der Waals surface area (Å²) in [4.78, 5) is 11.2. The molecular formula is C12H11FO2. The number of halogens is 1. The lowest BCUT2D eigenvalue weighted by atomic mass is 10.1. The number of rotatable bonds is 1. The van der Waals surface area contributed by atoms with Crippen LogP contribution in [0.25, 0.3) is 0 Å². The number of methoxy groups -OCH3 is 1. The van der Waals surface area contributed by atoms with Gasteiger partial charge in [0.2, 0.25) is 0 Å². The van der Waals surface area contributed by atoms with Crippen LogP contribution in [0, 0.1) is 17.7 Å². The van der Waals surface area contributed by atoms with Crippen LogP contribution in [-0.4, -0.2) is 13.1 Å². The molecule has 1 aromatic rings. The number of ether oxygens (including phenoxy) is 1. The zero-order valence-corrected chi connectivity index (χ0v) is 8.63. The second-order valence-electron chi connectivity index (χ2n) is 2.88. The summed E-state index contributed by atoms with van der Waals surface area (Å²) in [5.74, 6) is 4.52. The zero-order valence-electron chi connectivity index (χ0n) is 8.63. The van der Waals surface area contributed by atoms with Gasteiger partial charge in [0.15, 0.2) is 0 Å². The summed E-state index contributed by atoms with van der Waals surface area (Å²) in [6.45, 7) is 1.90. The van der Waals surface area contributed by atoms with Crippen molar-refractivity contribution in [2.75, 3.05) is 7.11 Å². The standard InChI is InChI=1S/C12H11FO2/c1-3-4-5-9-6-10(12(14)15-2)8-11(13)7-9/h6-8H,3H2,1-2H3. The van der Waals surface area contributed by atoms with E-state index in [1.165, 1.54) is 19.2 Å². The van der Waals surface area contributed by atoms with Gasteiger partial charge in [-0.25, -0.2) is 9.18 Å². The number of esters is 1. The van der Waals surface area contributed by atoms with Crippen LogP contribution in [0.4, 0.5) is 4.39 Å². The van der Waals surface area contributed by atoms with E-state index in [1.54, 1.807) is 0 Å². The van der Waals surface area contributed by atoms with Crippen LogP contribution < -0.4 is 0 Å². The van der Waals surface area contributed by atoms with Crippen molar-refractivity contribution in [2.45, 2.75) is 13.3 Å². The van der Waals surface area contributed by atoms with Gasteiger partial charge in [0, 0.05) is 12.0 Å². The molecule has 0 fully saturated rings. The molecule has 0 saturated heterocycles. The summed E-state index contributed by atoms with van der Waals surface area (Å²) < 4.78 is 17.6. The molecule has 0 aliphatic carbocycles. The van der Waals surface area contributed by atoms with Gasteiger partial charge in [-0.1, -0.05) is 18.8 Å². The summed E-state index contributed by atoms with van der Waals surface area (Å²) >= 11 is 0. The highest BCUT2D eigenvalue weighted by Gasteiger charge is 2.07. The molecule has 0 bridgehead atoms. The Hall–Kier alpha value is -1.82. The van der Waals surface area contributed by atoms with E-state index in [0.717, 1.165) is 6.07 Å². The Morgan fingerprint density at radius 1 is 1.47 bits per heavy atom. The van der Waals surface area contributed by atoms with E-state index in [2.05, 4.69) is 16.6 Å². The van der Waals surface area contributed by atoms with Crippen molar-refractivity contribution in [1.82, 2.24) is 0 Å². The summed E-state index contributed by atoms with van der Waals surface area (Å²) in [5, 5.41) is 0. The summed E-state index contributed by atoms with van der Waals surface area (Å²) in [7, 11) is 1.25. The topological polar surface area (TPSA) is 26.3 Å². The average Bonchev–Trinajstić information content (AvgIpc) is 2.24. The molecule has 0 saturated carbocycles. The Kier molecular flexibility index (Phi) is 3.87. The van der Waals surface area contributed by atoms with Gasteiger partial charge in [-0.3, -0.25) is 0 Å². The van der Waals surface area contributed by atoms with Crippen molar-refractivity contribution in [3.05, 3.63) is 35.1 Å². The maximum atomic E-state index is 13.1. The molecule has 0 amide bonds. The molecule has 0 N–H and O–H groups in total. The summed E-state index contributed by atoms with van der Waals surface area (Å²) in [5.41, 5.74) is 0.662. The van der Waals surface area contributed by atoms with Gasteiger partial charge < -0.3 is 4.74 Å². The minimum absolute atomic E-state index is 0.179. The molecule has 0 aliphatic heterocycles. The molecule has 1 rings (SSSR count). The van der Waals surface area contributed by atoms with Crippen molar-refractivity contribution in [3.8, 4) is 11.8 Å². The van der Waals surface area contributed by atoms with Crippen LogP contribution >= 0.6 is 0 Å². The maximum absolute atomic E-state index is 13.1. The molecule has 78 valence electrons. The summed E-state index contributed by atoms with van der Waals surface area (Å²) in [6.07, 6.45) is 0.685. The maximum Gasteiger partial charge on any atom is 0.337 e. The number of carbonyl (C=O) groups excluding carboxylic acids is 1. The predicted octanol–water partition coefficient (Wildman–Crippen LogP) is 2.37. The van der Waals surface area contributed by atoms with Gasteiger partial charge in [-0.2, -0.15) is 0 Å². The first-order valence-electron chi connectivity index (χ1n) is 4.55. The zero-order chi connectivity index (χ0) is 11.3. The molecule has 0 radical (unpaired) electrons. The molecule has 0 aliphatic rings. The van der Waals surface area contributed by atoms with Crippen molar-refractivity contribution in [3.63, 3.8) is 0 Å². The van der Waals surface area contributed by atoms with Crippen molar-refractivity contribution < 1.29 is 13.9 Å². The third kappa shape index (κ3) is 3.10. The van der Waals surface area contributed by atoms with Crippen molar-refractivity contribution in [1.29, 1.82) is 0 Å². The van der Waals surface area contributed by atoms with Crippen molar-refractivity contribution >= 4 is 5.97 Å². The second kappa shape index (κ2) is 5.16. The fourth-order valence-corrected chi connectivity index (χ4v) is 1.09. The third-order valence-electron chi connectivity index (χ3n) is 1.73. The monoisotopic (exact) mass is 206 g/mol. The predicted molar refractivity (Wildman–Crippen MR) is 54.9 cm³/mol. The first kappa shape index (κ1) is 11.3. The van der Waals surface area contributed by atoms with Crippen LogP contribution in [0.2, 0.25) is 0 Å². The fraction of sp³-hybridized carbons (Fsp3) is 0.250. The minimum Gasteiger partial charge on any atom is -0.465 e. The molecule has 15 heavy (non-hydrogen) atoms. The average molecular weight is 206 g/mol. The quantitative estimate of drug-likeness (QED) is 0.521. The van der Waals surface area contributed by atoms with E-state index in [1.807, 2.05) is 6.92 Å². The smallest absolute Gasteiger partial charge is 0.337 e. The second-order valence-corrected chi connectivity index (χ2v) is 2.88. The van der Waals surface area contributed by atoms with Gasteiger partial charge in [-0.15, -0.1) is 0 Å². The van der Waals surface area contributed by atoms with E-state index in [0.29, 0.717) is 12.0 Å². The Balaban J connectivity index is 3.10. The molecule has 3 heteroatoms. The SMILES string of the molecule is CCC#Cc1cc(F)cc(C(=O)OC)c1. The molecule has 0 unspecified atom stereocenters. The van der Waals surface area contributed by atoms with Crippen molar-refractivity contribution in [2.24, 2.45) is 0 Å². The fourth-order valence-electron chi connectivity index (χ4n) is 1.09. The van der Waals surface area contributed by atoms with E-state index < -0.39 is 11.8 Å². The molecule has 0 aromatic heterocycles. The van der Waals surface area contributed by atoms with Crippen LogP contribution in [0.1, 0.15) is 29.3 Å².